The Balaban J connectivity index is 1.85. The predicted molar refractivity (Wildman–Crippen MR) is 75.7 cm³/mol. The lowest BCUT2D eigenvalue weighted by molar-refractivity contribution is -0.0161. The number of nitrogens with two attached hydrogens (primary N) is 1. The minimum atomic E-state index is -0.123. The van der Waals surface area contributed by atoms with Crippen LogP contribution in [0.3, 0.4) is 0 Å². The molecule has 3 heteroatoms. The lowest BCUT2D eigenvalue weighted by Crippen LogP contribution is -2.44. The molecule has 0 bridgehead atoms. The smallest absolute Gasteiger partial charge is 0.165 e. The summed E-state index contributed by atoms with van der Waals surface area (Å²) in [7, 11) is 0. The Labute approximate surface area is 115 Å². The van der Waals surface area contributed by atoms with Crippen molar-refractivity contribution in [2.75, 3.05) is 6.54 Å². The monoisotopic (exact) mass is 261 g/mol. The number of ether oxygens (including phenoxy) is 2. The molecule has 3 nitrogen and oxygen atoms in total. The second kappa shape index (κ2) is 4.41. The van der Waals surface area contributed by atoms with E-state index in [1.165, 1.54) is 12.0 Å². The van der Waals surface area contributed by atoms with Gasteiger partial charge in [0.2, 0.25) is 0 Å². The SMILES string of the molecule is CC1(C)Cc2cccc(OC3(CCN)CCC3)c2O1. The summed E-state index contributed by atoms with van der Waals surface area (Å²) >= 11 is 0. The molecule has 1 aromatic rings. The van der Waals surface area contributed by atoms with Crippen LogP contribution in [0.15, 0.2) is 18.2 Å². The van der Waals surface area contributed by atoms with E-state index in [4.69, 9.17) is 15.2 Å². The normalized spacial score (nSPS) is 22.3. The average Bonchev–Trinajstić information content (AvgIpc) is 2.61. The molecule has 0 radical (unpaired) electrons. The zero-order valence-electron chi connectivity index (χ0n) is 11.9. The van der Waals surface area contributed by atoms with Gasteiger partial charge < -0.3 is 15.2 Å². The number of benzene rings is 1. The van der Waals surface area contributed by atoms with Gasteiger partial charge in [0.1, 0.15) is 11.2 Å². The Kier molecular flexibility index (Phi) is 2.97. The first kappa shape index (κ1) is 12.8. The number of hydrogen-bond donors (Lipinski definition) is 1. The van der Waals surface area contributed by atoms with E-state index in [9.17, 15) is 0 Å². The highest BCUT2D eigenvalue weighted by Crippen LogP contribution is 2.46. The van der Waals surface area contributed by atoms with Crippen LogP contribution in [0.5, 0.6) is 11.5 Å². The van der Waals surface area contributed by atoms with Crippen LogP contribution in [-0.4, -0.2) is 17.7 Å². The molecule has 0 spiro atoms. The summed E-state index contributed by atoms with van der Waals surface area (Å²) in [5.41, 5.74) is 6.81. The van der Waals surface area contributed by atoms with Gasteiger partial charge in [0.05, 0.1) is 0 Å². The molecule has 2 N–H and O–H groups in total. The van der Waals surface area contributed by atoms with E-state index < -0.39 is 0 Å². The average molecular weight is 261 g/mol. The first-order chi connectivity index (χ1) is 9.04. The van der Waals surface area contributed by atoms with E-state index in [-0.39, 0.29) is 11.2 Å². The summed E-state index contributed by atoms with van der Waals surface area (Å²) in [4.78, 5) is 0. The van der Waals surface area contributed by atoms with Gasteiger partial charge in [-0.3, -0.25) is 0 Å². The van der Waals surface area contributed by atoms with Crippen molar-refractivity contribution < 1.29 is 9.47 Å². The maximum atomic E-state index is 6.31. The molecule has 1 fully saturated rings. The van der Waals surface area contributed by atoms with Crippen LogP contribution in [0.1, 0.15) is 45.1 Å². The molecule has 104 valence electrons. The van der Waals surface area contributed by atoms with E-state index in [0.717, 1.165) is 37.2 Å². The summed E-state index contributed by atoms with van der Waals surface area (Å²) in [6, 6.07) is 6.22. The molecule has 0 amide bonds. The van der Waals surface area contributed by atoms with Crippen LogP contribution in [-0.2, 0) is 6.42 Å². The molecule has 0 atom stereocenters. The van der Waals surface area contributed by atoms with Crippen LogP contribution < -0.4 is 15.2 Å². The van der Waals surface area contributed by atoms with Gasteiger partial charge in [-0.15, -0.1) is 0 Å². The van der Waals surface area contributed by atoms with Gasteiger partial charge in [-0.05, 0) is 52.1 Å². The van der Waals surface area contributed by atoms with E-state index in [0.29, 0.717) is 6.54 Å². The maximum Gasteiger partial charge on any atom is 0.165 e. The molecule has 1 heterocycles. The van der Waals surface area contributed by atoms with Gasteiger partial charge in [0.25, 0.3) is 0 Å². The fourth-order valence-corrected chi connectivity index (χ4v) is 3.14. The Morgan fingerprint density at radius 3 is 2.74 bits per heavy atom. The molecule has 1 aromatic carbocycles. The highest BCUT2D eigenvalue weighted by atomic mass is 16.5. The van der Waals surface area contributed by atoms with Gasteiger partial charge in [-0.25, -0.2) is 0 Å². The van der Waals surface area contributed by atoms with Crippen molar-refractivity contribution in [2.45, 2.75) is 57.2 Å². The summed E-state index contributed by atoms with van der Waals surface area (Å²) in [6.07, 6.45) is 5.33. The number of para-hydroxylation sites is 1. The minimum absolute atomic E-state index is 0.0417. The molecule has 3 rings (SSSR count). The fraction of sp³-hybridized carbons (Fsp3) is 0.625. The first-order valence-corrected chi connectivity index (χ1v) is 7.24. The molecule has 19 heavy (non-hydrogen) atoms. The van der Waals surface area contributed by atoms with E-state index in [1.54, 1.807) is 0 Å². The lowest BCUT2D eigenvalue weighted by atomic mass is 9.77. The second-order valence-corrected chi connectivity index (χ2v) is 6.46. The highest BCUT2D eigenvalue weighted by molar-refractivity contribution is 5.50. The largest absolute Gasteiger partial charge is 0.483 e. The van der Waals surface area contributed by atoms with E-state index in [2.05, 4.69) is 26.0 Å². The van der Waals surface area contributed by atoms with E-state index >= 15 is 0 Å². The van der Waals surface area contributed by atoms with Crippen molar-refractivity contribution in [1.82, 2.24) is 0 Å². The van der Waals surface area contributed by atoms with Crippen molar-refractivity contribution in [3.05, 3.63) is 23.8 Å². The zero-order chi connectivity index (χ0) is 13.5. The summed E-state index contributed by atoms with van der Waals surface area (Å²) in [6.45, 7) is 4.92. The Hall–Kier alpha value is -1.22. The van der Waals surface area contributed by atoms with Gasteiger partial charge in [-0.1, -0.05) is 12.1 Å². The molecule has 1 aliphatic heterocycles. The third kappa shape index (κ3) is 2.32. The summed E-state index contributed by atoms with van der Waals surface area (Å²) in [5.74, 6) is 1.84. The van der Waals surface area contributed by atoms with Crippen molar-refractivity contribution >= 4 is 0 Å². The topological polar surface area (TPSA) is 44.5 Å². The Morgan fingerprint density at radius 1 is 1.32 bits per heavy atom. The highest BCUT2D eigenvalue weighted by Gasteiger charge is 2.40. The van der Waals surface area contributed by atoms with Crippen LogP contribution in [0.2, 0.25) is 0 Å². The van der Waals surface area contributed by atoms with Gasteiger partial charge in [0.15, 0.2) is 11.5 Å². The van der Waals surface area contributed by atoms with Gasteiger partial charge in [0, 0.05) is 12.0 Å². The van der Waals surface area contributed by atoms with Crippen molar-refractivity contribution in [2.24, 2.45) is 5.73 Å². The Morgan fingerprint density at radius 2 is 2.11 bits per heavy atom. The van der Waals surface area contributed by atoms with Gasteiger partial charge in [-0.2, -0.15) is 0 Å². The standard InChI is InChI=1S/C16H23NO2/c1-15(2)11-12-5-3-6-13(14(12)19-15)18-16(9-10-17)7-4-8-16/h3,5-6H,4,7-11,17H2,1-2H3. The molecular weight excluding hydrogens is 238 g/mol. The van der Waals surface area contributed by atoms with Crippen molar-refractivity contribution in [3.63, 3.8) is 0 Å². The first-order valence-electron chi connectivity index (χ1n) is 7.24. The molecule has 0 unspecified atom stereocenters. The minimum Gasteiger partial charge on any atom is -0.483 e. The Bertz CT molecular complexity index is 478. The molecule has 1 aliphatic carbocycles. The number of rotatable bonds is 4. The molecule has 2 aliphatic rings. The predicted octanol–water partition coefficient (Wildman–Crippen LogP) is 3.05. The second-order valence-electron chi connectivity index (χ2n) is 6.46. The third-order valence-corrected chi connectivity index (χ3v) is 4.25. The lowest BCUT2D eigenvalue weighted by Gasteiger charge is -2.42. The zero-order valence-corrected chi connectivity index (χ0v) is 11.9. The van der Waals surface area contributed by atoms with Crippen molar-refractivity contribution in [1.29, 1.82) is 0 Å². The summed E-state index contributed by atoms with van der Waals surface area (Å²) < 4.78 is 12.4. The molecular formula is C16H23NO2. The van der Waals surface area contributed by atoms with Crippen LogP contribution in [0.4, 0.5) is 0 Å². The van der Waals surface area contributed by atoms with Crippen LogP contribution in [0, 0.1) is 0 Å². The maximum absolute atomic E-state index is 6.31. The van der Waals surface area contributed by atoms with Gasteiger partial charge >= 0.3 is 0 Å². The fourth-order valence-electron chi connectivity index (χ4n) is 3.14. The molecule has 0 aromatic heterocycles. The number of fused-ring (bicyclic) bond motifs is 1. The van der Waals surface area contributed by atoms with E-state index in [1.807, 2.05) is 6.07 Å². The molecule has 1 saturated carbocycles. The third-order valence-electron chi connectivity index (χ3n) is 4.25. The van der Waals surface area contributed by atoms with Crippen LogP contribution in [0.25, 0.3) is 0 Å². The van der Waals surface area contributed by atoms with Crippen molar-refractivity contribution in [3.8, 4) is 11.5 Å². The van der Waals surface area contributed by atoms with Crippen LogP contribution >= 0.6 is 0 Å². The molecule has 0 saturated heterocycles. The quantitative estimate of drug-likeness (QED) is 0.906. The number of hydrogen-bond acceptors (Lipinski definition) is 3. The summed E-state index contributed by atoms with van der Waals surface area (Å²) in [5, 5.41) is 0.